The molecule has 1 fully saturated rings. The van der Waals surface area contributed by atoms with Gasteiger partial charge in [-0.15, -0.1) is 0 Å². The first-order valence-corrected chi connectivity index (χ1v) is 12.7. The Hall–Kier alpha value is -2.80. The molecule has 0 bridgehead atoms. The second-order valence-electron chi connectivity index (χ2n) is 9.63. The lowest BCUT2D eigenvalue weighted by molar-refractivity contribution is -0.278. The van der Waals surface area contributed by atoms with Crippen LogP contribution in [0.5, 0.6) is 0 Å². The molecule has 0 spiro atoms. The van der Waals surface area contributed by atoms with Gasteiger partial charge in [-0.3, -0.25) is 0 Å². The zero-order valence-corrected chi connectivity index (χ0v) is 20.8. The van der Waals surface area contributed by atoms with Crippen molar-refractivity contribution in [3.05, 3.63) is 94.6 Å². The summed E-state index contributed by atoms with van der Waals surface area (Å²) in [5.74, 6) is -5.82. The number of ether oxygens (including phenoxy) is 1. The molecule has 1 aliphatic carbocycles. The fourth-order valence-corrected chi connectivity index (χ4v) is 4.91. The van der Waals surface area contributed by atoms with Crippen molar-refractivity contribution in [1.29, 1.82) is 0 Å². The van der Waals surface area contributed by atoms with Crippen LogP contribution in [-0.4, -0.2) is 6.10 Å². The Morgan fingerprint density at radius 3 is 1.95 bits per heavy atom. The average molecular weight is 521 g/mol. The van der Waals surface area contributed by atoms with E-state index in [1.165, 1.54) is 19.1 Å². The van der Waals surface area contributed by atoms with Crippen molar-refractivity contribution < 1.29 is 31.1 Å². The second kappa shape index (κ2) is 10.9. The van der Waals surface area contributed by atoms with Gasteiger partial charge < -0.3 is 4.74 Å². The molecule has 0 heterocycles. The predicted octanol–water partition coefficient (Wildman–Crippen LogP) is 9.49. The van der Waals surface area contributed by atoms with Crippen LogP contribution in [0.1, 0.15) is 74.1 Å². The van der Waals surface area contributed by atoms with Crippen LogP contribution < -0.4 is 0 Å². The lowest BCUT2D eigenvalue weighted by Crippen LogP contribution is -2.30. The summed E-state index contributed by atoms with van der Waals surface area (Å²) in [5, 5.41) is 0. The molecule has 1 saturated carbocycles. The van der Waals surface area contributed by atoms with E-state index >= 15 is 0 Å². The first-order valence-electron chi connectivity index (χ1n) is 12.7. The molecule has 37 heavy (non-hydrogen) atoms. The summed E-state index contributed by atoms with van der Waals surface area (Å²) in [6, 6.07) is 15.0. The number of benzene rings is 3. The van der Waals surface area contributed by atoms with Crippen LogP contribution in [-0.2, 0) is 23.2 Å². The third-order valence-corrected chi connectivity index (χ3v) is 7.31. The van der Waals surface area contributed by atoms with Crippen LogP contribution >= 0.6 is 0 Å². The summed E-state index contributed by atoms with van der Waals surface area (Å²) < 4.78 is 92.1. The molecular weight excluding hydrogens is 490 g/mol. The van der Waals surface area contributed by atoms with Crippen LogP contribution in [0.15, 0.2) is 60.7 Å². The van der Waals surface area contributed by atoms with E-state index in [0.717, 1.165) is 29.7 Å². The summed E-state index contributed by atoms with van der Waals surface area (Å²) >= 11 is 0. The van der Waals surface area contributed by atoms with Gasteiger partial charge in [0.15, 0.2) is 11.6 Å². The Balaban J connectivity index is 1.41. The Morgan fingerprint density at radius 2 is 1.38 bits per heavy atom. The van der Waals surface area contributed by atoms with Crippen molar-refractivity contribution in [3.8, 4) is 11.1 Å². The molecule has 3 aromatic carbocycles. The Morgan fingerprint density at radius 1 is 0.757 bits per heavy atom. The molecule has 3 aromatic rings. The first-order chi connectivity index (χ1) is 17.6. The van der Waals surface area contributed by atoms with E-state index in [-0.39, 0.29) is 23.5 Å². The summed E-state index contributed by atoms with van der Waals surface area (Å²) in [7, 11) is 0. The third kappa shape index (κ3) is 5.87. The van der Waals surface area contributed by atoms with Crippen LogP contribution in [0.4, 0.5) is 26.3 Å². The van der Waals surface area contributed by atoms with Crippen molar-refractivity contribution in [1.82, 2.24) is 0 Å². The number of hydrogen-bond acceptors (Lipinski definition) is 1. The topological polar surface area (TPSA) is 9.23 Å². The predicted molar refractivity (Wildman–Crippen MR) is 132 cm³/mol. The van der Waals surface area contributed by atoms with E-state index in [1.54, 1.807) is 36.4 Å². The smallest absolute Gasteiger partial charge is 0.313 e. The minimum atomic E-state index is -4.00. The number of halogens is 6. The quantitative estimate of drug-likeness (QED) is 0.269. The molecular formula is C30H30F6O. The summed E-state index contributed by atoms with van der Waals surface area (Å²) in [4.78, 5) is 0. The molecule has 0 aliphatic heterocycles. The van der Waals surface area contributed by atoms with Gasteiger partial charge in [-0.2, -0.15) is 8.78 Å². The SMILES string of the molecule is CCc1ccc(-c2ccc(C(F)(F)OC3CCC(c4ccc(C(F)(F)CC)cc4)CC3)c(F)c2F)cc1. The molecule has 198 valence electrons. The third-order valence-electron chi connectivity index (χ3n) is 7.31. The van der Waals surface area contributed by atoms with Gasteiger partial charge in [-0.1, -0.05) is 68.4 Å². The Labute approximate surface area is 213 Å². The lowest BCUT2D eigenvalue weighted by Gasteiger charge is -2.31. The van der Waals surface area contributed by atoms with Crippen molar-refractivity contribution >= 4 is 0 Å². The van der Waals surface area contributed by atoms with Crippen LogP contribution in [0.25, 0.3) is 11.1 Å². The Kier molecular flexibility index (Phi) is 8.02. The zero-order chi connectivity index (χ0) is 26.8. The fraction of sp³-hybridized carbons (Fsp3) is 0.400. The van der Waals surface area contributed by atoms with E-state index in [4.69, 9.17) is 4.74 Å². The van der Waals surface area contributed by atoms with Crippen molar-refractivity contribution in [2.75, 3.05) is 0 Å². The van der Waals surface area contributed by atoms with E-state index in [1.807, 2.05) is 6.92 Å². The monoisotopic (exact) mass is 520 g/mol. The fourth-order valence-electron chi connectivity index (χ4n) is 4.91. The lowest BCUT2D eigenvalue weighted by atomic mass is 9.82. The van der Waals surface area contributed by atoms with Gasteiger partial charge in [-0.25, -0.2) is 17.6 Å². The van der Waals surface area contributed by atoms with E-state index < -0.39 is 35.3 Å². The maximum atomic E-state index is 14.9. The summed E-state index contributed by atoms with van der Waals surface area (Å²) in [5.41, 5.74) is 1.02. The molecule has 0 radical (unpaired) electrons. The molecule has 1 aliphatic rings. The maximum Gasteiger partial charge on any atom is 0.386 e. The highest BCUT2D eigenvalue weighted by atomic mass is 19.3. The summed E-state index contributed by atoms with van der Waals surface area (Å²) in [6.07, 6.45) is -2.72. The molecule has 0 atom stereocenters. The molecule has 7 heteroatoms. The van der Waals surface area contributed by atoms with Crippen molar-refractivity contribution in [2.24, 2.45) is 0 Å². The Bertz CT molecular complexity index is 1200. The van der Waals surface area contributed by atoms with Gasteiger partial charge in [0.25, 0.3) is 5.92 Å². The van der Waals surface area contributed by atoms with Crippen LogP contribution in [0, 0.1) is 11.6 Å². The van der Waals surface area contributed by atoms with Gasteiger partial charge in [0.05, 0.1) is 11.7 Å². The van der Waals surface area contributed by atoms with Crippen LogP contribution in [0.2, 0.25) is 0 Å². The molecule has 0 unspecified atom stereocenters. The van der Waals surface area contributed by atoms with Gasteiger partial charge in [0.1, 0.15) is 0 Å². The molecule has 1 nitrogen and oxygen atoms in total. The van der Waals surface area contributed by atoms with E-state index in [2.05, 4.69) is 0 Å². The zero-order valence-electron chi connectivity index (χ0n) is 20.8. The number of alkyl halides is 4. The van der Waals surface area contributed by atoms with Gasteiger partial charge in [0.2, 0.25) is 0 Å². The first kappa shape index (κ1) is 27.2. The maximum absolute atomic E-state index is 14.9. The second-order valence-corrected chi connectivity index (χ2v) is 9.63. The van der Waals surface area contributed by atoms with Gasteiger partial charge >= 0.3 is 6.11 Å². The number of aryl methyl sites for hydroxylation is 1. The molecule has 0 N–H and O–H groups in total. The largest absolute Gasteiger partial charge is 0.386 e. The van der Waals surface area contributed by atoms with E-state index in [0.29, 0.717) is 31.2 Å². The standard InChI is InChI=1S/C30H30F6O/c1-3-19-5-7-22(8-6-19)25-17-18-26(28(32)27(25)31)30(35,36)37-24-15-11-21(12-16-24)20-9-13-23(14-10-20)29(33,34)4-2/h5-10,13-14,17-18,21,24H,3-4,11-12,15-16H2,1-2H3. The normalized spacial score (nSPS) is 18.7. The molecule has 4 rings (SSSR count). The van der Waals surface area contributed by atoms with Crippen molar-refractivity contribution in [2.45, 2.75) is 76.4 Å². The number of hydrogen-bond donors (Lipinski definition) is 0. The highest BCUT2D eigenvalue weighted by molar-refractivity contribution is 5.65. The number of rotatable bonds is 8. The molecule has 0 saturated heterocycles. The van der Waals surface area contributed by atoms with Gasteiger partial charge in [0, 0.05) is 17.5 Å². The highest BCUT2D eigenvalue weighted by Gasteiger charge is 2.41. The van der Waals surface area contributed by atoms with Crippen molar-refractivity contribution in [3.63, 3.8) is 0 Å². The highest BCUT2D eigenvalue weighted by Crippen LogP contribution is 2.41. The minimum absolute atomic E-state index is 0.0327. The van der Waals surface area contributed by atoms with Gasteiger partial charge in [-0.05, 0) is 60.8 Å². The minimum Gasteiger partial charge on any atom is -0.313 e. The average Bonchev–Trinajstić information content (AvgIpc) is 2.90. The van der Waals surface area contributed by atoms with Crippen LogP contribution in [0.3, 0.4) is 0 Å². The van der Waals surface area contributed by atoms with E-state index in [9.17, 15) is 26.3 Å². The summed E-state index contributed by atoms with van der Waals surface area (Å²) in [6.45, 7) is 3.39. The molecule has 0 amide bonds. The molecule has 0 aromatic heterocycles.